The molecule has 0 aromatic heterocycles. The van der Waals surface area contributed by atoms with Gasteiger partial charge in [0.25, 0.3) is 0 Å². The molecule has 0 fully saturated rings. The number of carboxylic acids is 1. The van der Waals surface area contributed by atoms with E-state index in [4.69, 9.17) is 5.11 Å². The van der Waals surface area contributed by atoms with Crippen LogP contribution in [0.1, 0.15) is 15.9 Å². The average Bonchev–Trinajstić information content (AvgIpc) is 2.35. The third-order valence-electron chi connectivity index (χ3n) is 2.09. The first kappa shape index (κ1) is 12.7. The lowest BCUT2D eigenvalue weighted by Crippen LogP contribution is -2.37. The first-order chi connectivity index (χ1) is 8.04. The molecular formula is C11H12N2O4. The molecule has 1 aromatic rings. The molecule has 2 amide bonds. The topological polar surface area (TPSA) is 95.5 Å². The van der Waals surface area contributed by atoms with Crippen LogP contribution in [-0.2, 0) is 16.1 Å². The molecule has 0 bridgehead atoms. The molecule has 0 atom stereocenters. The SMILES string of the molecule is CNC(=O)C(=O)NCc1ccc(C(=O)O)cc1. The summed E-state index contributed by atoms with van der Waals surface area (Å²) in [6.07, 6.45) is 0. The first-order valence-electron chi connectivity index (χ1n) is 4.86. The van der Waals surface area contributed by atoms with Crippen LogP contribution in [0.5, 0.6) is 0 Å². The van der Waals surface area contributed by atoms with Gasteiger partial charge in [-0.15, -0.1) is 0 Å². The van der Waals surface area contributed by atoms with Crippen molar-refractivity contribution in [1.29, 1.82) is 0 Å². The fraction of sp³-hybridized carbons (Fsp3) is 0.182. The van der Waals surface area contributed by atoms with Crippen LogP contribution >= 0.6 is 0 Å². The van der Waals surface area contributed by atoms with Gasteiger partial charge in [0, 0.05) is 13.6 Å². The van der Waals surface area contributed by atoms with Crippen molar-refractivity contribution in [2.24, 2.45) is 0 Å². The Bertz CT molecular complexity index is 439. The number of benzene rings is 1. The van der Waals surface area contributed by atoms with E-state index in [1.807, 2.05) is 0 Å². The molecule has 1 aromatic carbocycles. The van der Waals surface area contributed by atoms with Gasteiger partial charge in [0.2, 0.25) is 0 Å². The molecule has 6 heteroatoms. The Morgan fingerprint density at radius 2 is 1.71 bits per heavy atom. The van der Waals surface area contributed by atoms with Crippen LogP contribution in [0.25, 0.3) is 0 Å². The van der Waals surface area contributed by atoms with E-state index in [1.54, 1.807) is 12.1 Å². The number of aromatic carboxylic acids is 1. The number of amides is 2. The molecule has 3 N–H and O–H groups in total. The number of carboxylic acid groups (broad SMARTS) is 1. The van der Waals surface area contributed by atoms with Gasteiger partial charge >= 0.3 is 17.8 Å². The quantitative estimate of drug-likeness (QED) is 0.630. The summed E-state index contributed by atoms with van der Waals surface area (Å²) < 4.78 is 0. The van der Waals surface area contributed by atoms with E-state index in [0.29, 0.717) is 5.56 Å². The van der Waals surface area contributed by atoms with Crippen LogP contribution in [-0.4, -0.2) is 29.9 Å². The average molecular weight is 236 g/mol. The lowest BCUT2D eigenvalue weighted by atomic mass is 10.1. The van der Waals surface area contributed by atoms with Gasteiger partial charge in [-0.05, 0) is 17.7 Å². The lowest BCUT2D eigenvalue weighted by molar-refractivity contribution is -0.139. The van der Waals surface area contributed by atoms with Crippen molar-refractivity contribution in [2.75, 3.05) is 7.05 Å². The van der Waals surface area contributed by atoms with Gasteiger partial charge in [-0.3, -0.25) is 9.59 Å². The smallest absolute Gasteiger partial charge is 0.335 e. The molecule has 0 aliphatic carbocycles. The Morgan fingerprint density at radius 3 is 2.18 bits per heavy atom. The molecule has 0 unspecified atom stereocenters. The Kier molecular flexibility index (Phi) is 4.21. The van der Waals surface area contributed by atoms with Gasteiger partial charge in [-0.2, -0.15) is 0 Å². The molecule has 0 aliphatic heterocycles. The number of nitrogens with one attached hydrogen (secondary N) is 2. The minimum absolute atomic E-state index is 0.173. The zero-order valence-electron chi connectivity index (χ0n) is 9.19. The number of hydrogen-bond acceptors (Lipinski definition) is 3. The molecule has 0 heterocycles. The predicted molar refractivity (Wildman–Crippen MR) is 59.3 cm³/mol. The maximum atomic E-state index is 11.1. The summed E-state index contributed by atoms with van der Waals surface area (Å²) in [7, 11) is 1.36. The Balaban J connectivity index is 2.56. The lowest BCUT2D eigenvalue weighted by Gasteiger charge is -2.04. The summed E-state index contributed by atoms with van der Waals surface area (Å²) in [4.78, 5) is 32.6. The van der Waals surface area contributed by atoms with Crippen LogP contribution in [0.4, 0.5) is 0 Å². The highest BCUT2D eigenvalue weighted by Crippen LogP contribution is 2.03. The van der Waals surface area contributed by atoms with E-state index in [1.165, 1.54) is 19.2 Å². The highest BCUT2D eigenvalue weighted by molar-refractivity contribution is 6.34. The minimum atomic E-state index is -1.01. The van der Waals surface area contributed by atoms with Crippen molar-refractivity contribution < 1.29 is 19.5 Å². The second-order valence-electron chi connectivity index (χ2n) is 3.26. The highest BCUT2D eigenvalue weighted by Gasteiger charge is 2.10. The predicted octanol–water partition coefficient (Wildman–Crippen LogP) is -0.253. The molecule has 0 aliphatic rings. The molecule has 0 saturated heterocycles. The Hall–Kier alpha value is -2.37. The molecule has 6 nitrogen and oxygen atoms in total. The highest BCUT2D eigenvalue weighted by atomic mass is 16.4. The number of hydrogen-bond donors (Lipinski definition) is 3. The normalized spacial score (nSPS) is 9.47. The second kappa shape index (κ2) is 5.64. The van der Waals surface area contributed by atoms with Crippen LogP contribution in [0.2, 0.25) is 0 Å². The summed E-state index contributed by atoms with van der Waals surface area (Å²) in [5.74, 6) is -2.45. The summed E-state index contributed by atoms with van der Waals surface area (Å²) in [6.45, 7) is 0.173. The van der Waals surface area contributed by atoms with Gasteiger partial charge in [-0.1, -0.05) is 12.1 Å². The fourth-order valence-corrected chi connectivity index (χ4v) is 1.14. The van der Waals surface area contributed by atoms with Gasteiger partial charge in [0.1, 0.15) is 0 Å². The fourth-order valence-electron chi connectivity index (χ4n) is 1.14. The number of carbonyl (C=O) groups excluding carboxylic acids is 2. The van der Waals surface area contributed by atoms with Crippen LogP contribution < -0.4 is 10.6 Å². The largest absolute Gasteiger partial charge is 0.478 e. The Labute approximate surface area is 97.6 Å². The van der Waals surface area contributed by atoms with Crippen molar-refractivity contribution in [3.05, 3.63) is 35.4 Å². The number of carbonyl (C=O) groups is 3. The number of rotatable bonds is 3. The maximum absolute atomic E-state index is 11.1. The zero-order valence-corrected chi connectivity index (χ0v) is 9.19. The van der Waals surface area contributed by atoms with Crippen LogP contribution in [0.3, 0.4) is 0 Å². The van der Waals surface area contributed by atoms with Gasteiger partial charge in [0.05, 0.1) is 5.56 Å². The van der Waals surface area contributed by atoms with E-state index in [2.05, 4.69) is 10.6 Å². The minimum Gasteiger partial charge on any atom is -0.478 e. The molecular weight excluding hydrogens is 224 g/mol. The molecule has 0 saturated carbocycles. The summed E-state index contributed by atoms with van der Waals surface area (Å²) in [5, 5.41) is 13.3. The van der Waals surface area contributed by atoms with E-state index in [9.17, 15) is 14.4 Å². The van der Waals surface area contributed by atoms with Crippen molar-refractivity contribution >= 4 is 17.8 Å². The number of likely N-dealkylation sites (N-methyl/N-ethyl adjacent to an activating group) is 1. The third kappa shape index (κ3) is 3.60. The maximum Gasteiger partial charge on any atom is 0.335 e. The monoisotopic (exact) mass is 236 g/mol. The molecule has 1 rings (SSSR count). The molecule has 17 heavy (non-hydrogen) atoms. The van der Waals surface area contributed by atoms with Crippen molar-refractivity contribution in [3.63, 3.8) is 0 Å². The molecule has 0 radical (unpaired) electrons. The molecule has 90 valence electrons. The molecule has 0 spiro atoms. The van der Waals surface area contributed by atoms with Gasteiger partial charge in [-0.25, -0.2) is 4.79 Å². The van der Waals surface area contributed by atoms with Crippen LogP contribution in [0.15, 0.2) is 24.3 Å². The Morgan fingerprint density at radius 1 is 1.12 bits per heavy atom. The van der Waals surface area contributed by atoms with E-state index in [-0.39, 0.29) is 12.1 Å². The van der Waals surface area contributed by atoms with Crippen LogP contribution in [0, 0.1) is 0 Å². The standard InChI is InChI=1S/C11H12N2O4/c1-12-9(14)10(15)13-6-7-2-4-8(5-3-7)11(16)17/h2-5H,6H2,1H3,(H,12,14)(H,13,15)(H,16,17). The summed E-state index contributed by atoms with van der Waals surface area (Å²) in [6, 6.07) is 6.02. The van der Waals surface area contributed by atoms with Gasteiger partial charge < -0.3 is 15.7 Å². The zero-order chi connectivity index (χ0) is 12.8. The van der Waals surface area contributed by atoms with Crippen molar-refractivity contribution in [1.82, 2.24) is 10.6 Å². The second-order valence-corrected chi connectivity index (χ2v) is 3.26. The van der Waals surface area contributed by atoms with Crippen molar-refractivity contribution in [2.45, 2.75) is 6.54 Å². The van der Waals surface area contributed by atoms with Crippen molar-refractivity contribution in [3.8, 4) is 0 Å². The summed E-state index contributed by atoms with van der Waals surface area (Å²) in [5.41, 5.74) is 0.888. The summed E-state index contributed by atoms with van der Waals surface area (Å²) >= 11 is 0. The van der Waals surface area contributed by atoms with E-state index >= 15 is 0 Å². The van der Waals surface area contributed by atoms with E-state index < -0.39 is 17.8 Å². The van der Waals surface area contributed by atoms with E-state index in [0.717, 1.165) is 0 Å². The third-order valence-corrected chi connectivity index (χ3v) is 2.09. The van der Waals surface area contributed by atoms with Gasteiger partial charge in [0.15, 0.2) is 0 Å². The first-order valence-corrected chi connectivity index (χ1v) is 4.86.